The number of hydrogen-bond donors (Lipinski definition) is 2. The van der Waals surface area contributed by atoms with Crippen LogP contribution in [-0.4, -0.2) is 46.4 Å². The lowest BCUT2D eigenvalue weighted by Gasteiger charge is -2.11. The molecule has 24 heavy (non-hydrogen) atoms. The summed E-state index contributed by atoms with van der Waals surface area (Å²) in [5, 5.41) is 16.9. The van der Waals surface area contributed by atoms with Gasteiger partial charge in [0.25, 0.3) is 5.91 Å². The Morgan fingerprint density at radius 3 is 2.71 bits per heavy atom. The second kappa shape index (κ2) is 8.08. The number of aliphatic hydroxyl groups is 1. The molecular formula is C18H26N4O2. The Kier molecular flexibility index (Phi) is 6.11. The van der Waals surface area contributed by atoms with Crippen LogP contribution < -0.4 is 5.32 Å². The van der Waals surface area contributed by atoms with Crippen LogP contribution in [0, 0.1) is 13.8 Å². The molecule has 0 bridgehead atoms. The maximum absolute atomic E-state index is 12.0. The van der Waals surface area contributed by atoms with Gasteiger partial charge in [-0.15, -0.1) is 0 Å². The van der Waals surface area contributed by atoms with Crippen LogP contribution in [0.2, 0.25) is 0 Å². The molecule has 2 aromatic rings. The van der Waals surface area contributed by atoms with Crippen molar-refractivity contribution in [1.82, 2.24) is 20.0 Å². The number of nitrogens with zero attached hydrogens (tertiary/aromatic N) is 3. The molecule has 1 aromatic carbocycles. The van der Waals surface area contributed by atoms with Crippen LogP contribution in [0.3, 0.4) is 0 Å². The molecule has 0 spiro atoms. The molecular weight excluding hydrogens is 304 g/mol. The largest absolute Gasteiger partial charge is 0.394 e. The maximum atomic E-state index is 12.0. The Morgan fingerprint density at radius 2 is 2.04 bits per heavy atom. The number of aliphatic hydroxyl groups excluding tert-OH is 1. The molecule has 0 aliphatic carbocycles. The van der Waals surface area contributed by atoms with Gasteiger partial charge in [0.15, 0.2) is 0 Å². The summed E-state index contributed by atoms with van der Waals surface area (Å²) < 4.78 is 1.84. The first-order valence-electron chi connectivity index (χ1n) is 8.09. The molecule has 2 rings (SSSR count). The molecule has 1 aromatic heterocycles. The maximum Gasteiger partial charge on any atom is 0.253 e. The standard InChI is InChI=1S/C18H26N4O2/c1-13-17(14(2)22(20-13)8-9-23)12-19-11-15-6-5-7-16(10-15)18(24)21(3)4/h5-7,10,19,23H,8-9,11-12H2,1-4H3. The van der Waals surface area contributed by atoms with Gasteiger partial charge < -0.3 is 15.3 Å². The normalized spacial score (nSPS) is 10.9. The van der Waals surface area contributed by atoms with E-state index in [1.807, 2.05) is 42.8 Å². The molecule has 1 amide bonds. The Balaban J connectivity index is 2.00. The van der Waals surface area contributed by atoms with Crippen molar-refractivity contribution in [2.24, 2.45) is 0 Å². The van der Waals surface area contributed by atoms with Gasteiger partial charge in [0.05, 0.1) is 18.8 Å². The number of carbonyl (C=O) groups is 1. The third-order valence-corrected chi connectivity index (χ3v) is 4.05. The molecule has 0 saturated heterocycles. The average Bonchev–Trinajstić information content (AvgIpc) is 2.82. The van der Waals surface area contributed by atoms with Gasteiger partial charge in [-0.1, -0.05) is 12.1 Å². The molecule has 2 N–H and O–H groups in total. The van der Waals surface area contributed by atoms with Gasteiger partial charge in [0, 0.05) is 44.0 Å². The minimum Gasteiger partial charge on any atom is -0.394 e. The summed E-state index contributed by atoms with van der Waals surface area (Å²) in [5.74, 6) is 0.00817. The fourth-order valence-corrected chi connectivity index (χ4v) is 2.71. The highest BCUT2D eigenvalue weighted by molar-refractivity contribution is 5.94. The fourth-order valence-electron chi connectivity index (χ4n) is 2.71. The van der Waals surface area contributed by atoms with Crippen LogP contribution in [0.15, 0.2) is 24.3 Å². The number of rotatable bonds is 7. The fraction of sp³-hybridized carbons (Fsp3) is 0.444. The van der Waals surface area contributed by atoms with Crippen molar-refractivity contribution in [2.45, 2.75) is 33.5 Å². The minimum atomic E-state index is 0.00817. The van der Waals surface area contributed by atoms with Crippen molar-refractivity contribution in [2.75, 3.05) is 20.7 Å². The van der Waals surface area contributed by atoms with Crippen molar-refractivity contribution in [3.05, 3.63) is 52.3 Å². The van der Waals surface area contributed by atoms with Crippen LogP contribution in [-0.2, 0) is 19.6 Å². The van der Waals surface area contributed by atoms with Crippen molar-refractivity contribution in [3.63, 3.8) is 0 Å². The predicted molar refractivity (Wildman–Crippen MR) is 93.8 cm³/mol. The van der Waals surface area contributed by atoms with Crippen LogP contribution in [0.4, 0.5) is 0 Å². The van der Waals surface area contributed by atoms with Crippen molar-refractivity contribution in [3.8, 4) is 0 Å². The van der Waals surface area contributed by atoms with Gasteiger partial charge in [-0.25, -0.2) is 0 Å². The zero-order valence-corrected chi connectivity index (χ0v) is 14.8. The number of benzene rings is 1. The topological polar surface area (TPSA) is 70.4 Å². The smallest absolute Gasteiger partial charge is 0.253 e. The Hall–Kier alpha value is -2.18. The number of hydrogen-bond acceptors (Lipinski definition) is 4. The molecule has 0 aliphatic rings. The summed E-state index contributed by atoms with van der Waals surface area (Å²) in [4.78, 5) is 13.6. The predicted octanol–water partition coefficient (Wildman–Crippen LogP) is 1.48. The summed E-state index contributed by atoms with van der Waals surface area (Å²) >= 11 is 0. The van der Waals surface area contributed by atoms with Crippen LogP contribution in [0.25, 0.3) is 0 Å². The zero-order valence-electron chi connectivity index (χ0n) is 14.8. The van der Waals surface area contributed by atoms with Gasteiger partial charge in [-0.3, -0.25) is 9.48 Å². The lowest BCUT2D eigenvalue weighted by Crippen LogP contribution is -2.22. The van der Waals surface area contributed by atoms with Gasteiger partial charge >= 0.3 is 0 Å². The third kappa shape index (κ3) is 4.21. The monoisotopic (exact) mass is 330 g/mol. The quantitative estimate of drug-likeness (QED) is 0.807. The first kappa shape index (κ1) is 18.2. The summed E-state index contributed by atoms with van der Waals surface area (Å²) in [6.07, 6.45) is 0. The van der Waals surface area contributed by atoms with Crippen molar-refractivity contribution < 1.29 is 9.90 Å². The molecule has 0 aliphatic heterocycles. The highest BCUT2D eigenvalue weighted by Crippen LogP contribution is 2.13. The van der Waals surface area contributed by atoms with Crippen molar-refractivity contribution >= 4 is 5.91 Å². The number of aryl methyl sites for hydroxylation is 1. The molecule has 130 valence electrons. The molecule has 6 heteroatoms. The van der Waals surface area contributed by atoms with Gasteiger partial charge in [0.2, 0.25) is 0 Å². The van der Waals surface area contributed by atoms with E-state index in [4.69, 9.17) is 5.11 Å². The summed E-state index contributed by atoms with van der Waals surface area (Å²) in [6, 6.07) is 7.67. The first-order valence-corrected chi connectivity index (χ1v) is 8.09. The highest BCUT2D eigenvalue weighted by atomic mass is 16.3. The molecule has 0 radical (unpaired) electrons. The molecule has 0 saturated carbocycles. The zero-order chi connectivity index (χ0) is 17.7. The van der Waals surface area contributed by atoms with E-state index in [-0.39, 0.29) is 12.5 Å². The summed E-state index contributed by atoms with van der Waals surface area (Å²) in [6.45, 7) is 5.98. The Bertz CT molecular complexity index is 707. The van der Waals surface area contributed by atoms with Crippen LogP contribution >= 0.6 is 0 Å². The van der Waals surface area contributed by atoms with Crippen LogP contribution in [0.5, 0.6) is 0 Å². The summed E-state index contributed by atoms with van der Waals surface area (Å²) in [5.41, 5.74) is 4.97. The minimum absolute atomic E-state index is 0.00817. The second-order valence-corrected chi connectivity index (χ2v) is 6.10. The molecule has 0 unspecified atom stereocenters. The number of nitrogens with one attached hydrogen (secondary N) is 1. The number of aromatic nitrogens is 2. The van der Waals surface area contributed by atoms with E-state index >= 15 is 0 Å². The first-order chi connectivity index (χ1) is 11.4. The van der Waals surface area contributed by atoms with E-state index in [0.717, 1.165) is 22.5 Å². The highest BCUT2D eigenvalue weighted by Gasteiger charge is 2.11. The molecule has 1 heterocycles. The lowest BCUT2D eigenvalue weighted by molar-refractivity contribution is 0.0827. The molecule has 0 atom stereocenters. The van der Waals surface area contributed by atoms with Crippen LogP contribution in [0.1, 0.15) is 32.9 Å². The van der Waals surface area contributed by atoms with E-state index in [1.165, 1.54) is 0 Å². The van der Waals surface area contributed by atoms with E-state index < -0.39 is 0 Å². The third-order valence-electron chi connectivity index (χ3n) is 4.05. The van der Waals surface area contributed by atoms with Gasteiger partial charge in [-0.05, 0) is 31.5 Å². The second-order valence-electron chi connectivity index (χ2n) is 6.10. The van der Waals surface area contributed by atoms with E-state index in [9.17, 15) is 4.79 Å². The number of carbonyl (C=O) groups excluding carboxylic acids is 1. The van der Waals surface area contributed by atoms with E-state index in [0.29, 0.717) is 25.2 Å². The lowest BCUT2D eigenvalue weighted by atomic mass is 10.1. The van der Waals surface area contributed by atoms with Gasteiger partial charge in [-0.2, -0.15) is 5.10 Å². The SMILES string of the molecule is Cc1nn(CCO)c(C)c1CNCc1cccc(C(=O)N(C)C)c1. The van der Waals surface area contributed by atoms with Gasteiger partial charge in [0.1, 0.15) is 0 Å². The summed E-state index contributed by atoms with van der Waals surface area (Å²) in [7, 11) is 3.51. The Morgan fingerprint density at radius 1 is 1.29 bits per heavy atom. The molecule has 0 fully saturated rings. The van der Waals surface area contributed by atoms with Crippen molar-refractivity contribution in [1.29, 1.82) is 0 Å². The Labute approximate surface area is 143 Å². The number of amides is 1. The average molecular weight is 330 g/mol. The van der Waals surface area contributed by atoms with E-state index in [2.05, 4.69) is 10.4 Å². The van der Waals surface area contributed by atoms with E-state index in [1.54, 1.807) is 19.0 Å². The molecule has 6 nitrogen and oxygen atoms in total.